The summed E-state index contributed by atoms with van der Waals surface area (Å²) in [4.78, 5) is 2.14. The molecule has 3 nitrogen and oxygen atoms in total. The highest BCUT2D eigenvalue weighted by Gasteiger charge is 2.03. The SMILES string of the molecule is CN(C)Cc1ccccc1OCCCCN. The van der Waals surface area contributed by atoms with E-state index in [-0.39, 0.29) is 0 Å². The van der Waals surface area contributed by atoms with Crippen molar-refractivity contribution in [3.63, 3.8) is 0 Å². The van der Waals surface area contributed by atoms with Crippen molar-refractivity contribution in [2.45, 2.75) is 19.4 Å². The number of rotatable bonds is 7. The zero-order valence-electron chi connectivity index (χ0n) is 10.3. The van der Waals surface area contributed by atoms with Gasteiger partial charge in [0.15, 0.2) is 0 Å². The standard InChI is InChI=1S/C13H22N2O/c1-15(2)11-12-7-3-4-8-13(12)16-10-6-5-9-14/h3-4,7-8H,5-6,9-11,14H2,1-2H3. The summed E-state index contributed by atoms with van der Waals surface area (Å²) in [6.45, 7) is 2.40. The van der Waals surface area contributed by atoms with E-state index in [2.05, 4.69) is 25.1 Å². The zero-order valence-corrected chi connectivity index (χ0v) is 10.3. The maximum atomic E-state index is 5.76. The van der Waals surface area contributed by atoms with Crippen LogP contribution in [0.3, 0.4) is 0 Å². The van der Waals surface area contributed by atoms with Gasteiger partial charge in [0, 0.05) is 12.1 Å². The molecule has 1 aromatic rings. The van der Waals surface area contributed by atoms with Crippen molar-refractivity contribution in [1.82, 2.24) is 4.90 Å². The molecule has 0 radical (unpaired) electrons. The molecule has 1 aromatic carbocycles. The summed E-state index contributed by atoms with van der Waals surface area (Å²) >= 11 is 0. The average molecular weight is 222 g/mol. The molecule has 0 heterocycles. The Morgan fingerprint density at radius 1 is 1.19 bits per heavy atom. The van der Waals surface area contributed by atoms with Crippen molar-refractivity contribution in [2.24, 2.45) is 5.73 Å². The van der Waals surface area contributed by atoms with E-state index >= 15 is 0 Å². The van der Waals surface area contributed by atoms with E-state index in [0.717, 1.165) is 38.3 Å². The van der Waals surface area contributed by atoms with E-state index in [0.29, 0.717) is 0 Å². The molecule has 16 heavy (non-hydrogen) atoms. The number of ether oxygens (including phenoxy) is 1. The Bertz CT molecular complexity index is 300. The van der Waals surface area contributed by atoms with Gasteiger partial charge in [-0.15, -0.1) is 0 Å². The van der Waals surface area contributed by atoms with Gasteiger partial charge in [0.2, 0.25) is 0 Å². The number of hydrogen-bond donors (Lipinski definition) is 1. The fourth-order valence-electron chi connectivity index (χ4n) is 1.54. The van der Waals surface area contributed by atoms with Gasteiger partial charge in [-0.05, 0) is 39.5 Å². The van der Waals surface area contributed by atoms with Crippen molar-refractivity contribution < 1.29 is 4.74 Å². The van der Waals surface area contributed by atoms with Crippen molar-refractivity contribution in [3.05, 3.63) is 29.8 Å². The van der Waals surface area contributed by atoms with Gasteiger partial charge >= 0.3 is 0 Å². The highest BCUT2D eigenvalue weighted by Crippen LogP contribution is 2.19. The van der Waals surface area contributed by atoms with E-state index in [9.17, 15) is 0 Å². The maximum Gasteiger partial charge on any atom is 0.123 e. The molecule has 0 saturated heterocycles. The third kappa shape index (κ3) is 4.64. The lowest BCUT2D eigenvalue weighted by Gasteiger charge is -2.14. The van der Waals surface area contributed by atoms with Crippen LogP contribution in [-0.2, 0) is 6.54 Å². The van der Waals surface area contributed by atoms with Crippen LogP contribution in [0.2, 0.25) is 0 Å². The Morgan fingerprint density at radius 3 is 2.62 bits per heavy atom. The van der Waals surface area contributed by atoms with Crippen LogP contribution in [0.15, 0.2) is 24.3 Å². The van der Waals surface area contributed by atoms with Crippen LogP contribution in [0.5, 0.6) is 5.75 Å². The highest BCUT2D eigenvalue weighted by atomic mass is 16.5. The van der Waals surface area contributed by atoms with Gasteiger partial charge in [-0.25, -0.2) is 0 Å². The van der Waals surface area contributed by atoms with Gasteiger partial charge in [0.1, 0.15) is 5.75 Å². The predicted octanol–water partition coefficient (Wildman–Crippen LogP) is 1.87. The molecule has 0 atom stereocenters. The minimum absolute atomic E-state index is 0.739. The van der Waals surface area contributed by atoms with E-state index in [1.165, 1.54) is 5.56 Å². The van der Waals surface area contributed by atoms with Crippen LogP contribution in [0.1, 0.15) is 18.4 Å². The molecule has 0 saturated carbocycles. The van der Waals surface area contributed by atoms with Crippen LogP contribution in [-0.4, -0.2) is 32.1 Å². The van der Waals surface area contributed by atoms with Crippen molar-refractivity contribution in [3.8, 4) is 5.75 Å². The fraction of sp³-hybridized carbons (Fsp3) is 0.538. The van der Waals surface area contributed by atoms with E-state index < -0.39 is 0 Å². The molecule has 0 bridgehead atoms. The molecule has 3 heteroatoms. The summed E-state index contributed by atoms with van der Waals surface area (Å²) in [6, 6.07) is 8.20. The fourth-order valence-corrected chi connectivity index (χ4v) is 1.54. The molecule has 0 aliphatic rings. The lowest BCUT2D eigenvalue weighted by Crippen LogP contribution is -2.12. The molecule has 0 aliphatic heterocycles. The molecule has 1 rings (SSSR count). The first-order chi connectivity index (χ1) is 7.74. The second-order valence-electron chi connectivity index (χ2n) is 4.19. The number of para-hydroxylation sites is 1. The molecule has 0 fully saturated rings. The molecule has 0 amide bonds. The average Bonchev–Trinajstić information content (AvgIpc) is 2.26. The minimum Gasteiger partial charge on any atom is -0.493 e. The Morgan fingerprint density at radius 2 is 1.94 bits per heavy atom. The lowest BCUT2D eigenvalue weighted by molar-refractivity contribution is 0.298. The monoisotopic (exact) mass is 222 g/mol. The Kier molecular flexibility index (Phi) is 5.90. The summed E-state index contributed by atoms with van der Waals surface area (Å²) in [5, 5.41) is 0. The van der Waals surface area contributed by atoms with Gasteiger partial charge in [-0.3, -0.25) is 0 Å². The first-order valence-corrected chi connectivity index (χ1v) is 5.79. The maximum absolute atomic E-state index is 5.76. The van der Waals surface area contributed by atoms with Crippen LogP contribution < -0.4 is 10.5 Å². The Labute approximate surface area is 98.2 Å². The minimum atomic E-state index is 0.739. The number of benzene rings is 1. The van der Waals surface area contributed by atoms with Gasteiger partial charge in [-0.2, -0.15) is 0 Å². The lowest BCUT2D eigenvalue weighted by atomic mass is 10.2. The van der Waals surface area contributed by atoms with Gasteiger partial charge in [0.25, 0.3) is 0 Å². The summed E-state index contributed by atoms with van der Waals surface area (Å²) in [6.07, 6.45) is 2.04. The molecular weight excluding hydrogens is 200 g/mol. The second kappa shape index (κ2) is 7.25. The molecular formula is C13H22N2O. The molecule has 90 valence electrons. The zero-order chi connectivity index (χ0) is 11.8. The Balaban J connectivity index is 2.50. The van der Waals surface area contributed by atoms with Crippen molar-refractivity contribution in [2.75, 3.05) is 27.2 Å². The summed E-state index contributed by atoms with van der Waals surface area (Å²) < 4.78 is 5.76. The van der Waals surface area contributed by atoms with Crippen LogP contribution >= 0.6 is 0 Å². The first kappa shape index (κ1) is 13.0. The number of unbranched alkanes of at least 4 members (excludes halogenated alkanes) is 1. The topological polar surface area (TPSA) is 38.5 Å². The molecule has 2 N–H and O–H groups in total. The predicted molar refractivity (Wildman–Crippen MR) is 67.6 cm³/mol. The molecule has 0 aliphatic carbocycles. The summed E-state index contributed by atoms with van der Waals surface area (Å²) in [5.41, 5.74) is 6.68. The van der Waals surface area contributed by atoms with E-state index in [1.54, 1.807) is 0 Å². The van der Waals surface area contributed by atoms with Crippen LogP contribution in [0.4, 0.5) is 0 Å². The van der Waals surface area contributed by atoms with Crippen molar-refractivity contribution >= 4 is 0 Å². The van der Waals surface area contributed by atoms with E-state index in [4.69, 9.17) is 10.5 Å². The molecule has 0 spiro atoms. The third-order valence-corrected chi connectivity index (χ3v) is 2.32. The quantitative estimate of drug-likeness (QED) is 0.716. The third-order valence-electron chi connectivity index (χ3n) is 2.32. The van der Waals surface area contributed by atoms with Gasteiger partial charge in [0.05, 0.1) is 6.61 Å². The molecule has 0 aromatic heterocycles. The second-order valence-corrected chi connectivity index (χ2v) is 4.19. The van der Waals surface area contributed by atoms with Gasteiger partial charge in [-0.1, -0.05) is 18.2 Å². The highest BCUT2D eigenvalue weighted by molar-refractivity contribution is 5.33. The smallest absolute Gasteiger partial charge is 0.123 e. The normalized spacial score (nSPS) is 10.8. The molecule has 0 unspecified atom stereocenters. The van der Waals surface area contributed by atoms with E-state index in [1.807, 2.05) is 18.2 Å². The summed E-state index contributed by atoms with van der Waals surface area (Å²) in [7, 11) is 4.12. The van der Waals surface area contributed by atoms with Crippen molar-refractivity contribution in [1.29, 1.82) is 0 Å². The van der Waals surface area contributed by atoms with Crippen LogP contribution in [0.25, 0.3) is 0 Å². The number of nitrogens with two attached hydrogens (primary N) is 1. The van der Waals surface area contributed by atoms with Crippen LogP contribution in [0, 0.1) is 0 Å². The Hall–Kier alpha value is -1.06. The number of hydrogen-bond acceptors (Lipinski definition) is 3. The first-order valence-electron chi connectivity index (χ1n) is 5.79. The largest absolute Gasteiger partial charge is 0.493 e. The van der Waals surface area contributed by atoms with Gasteiger partial charge < -0.3 is 15.4 Å². The number of nitrogens with zero attached hydrogens (tertiary/aromatic N) is 1. The summed E-state index contributed by atoms with van der Waals surface area (Å²) in [5.74, 6) is 0.994.